The van der Waals surface area contributed by atoms with Gasteiger partial charge in [-0.1, -0.05) is 97.1 Å². The molecular formula is C22H16N2S. The molecule has 120 valence electrons. The van der Waals surface area contributed by atoms with Crippen molar-refractivity contribution in [2.75, 3.05) is 0 Å². The summed E-state index contributed by atoms with van der Waals surface area (Å²) < 4.78 is 8.98. The number of hydrogen-bond acceptors (Lipinski definition) is 3. The molecule has 0 saturated heterocycles. The number of nitrogens with zero attached hydrogens (tertiary/aromatic N) is 2. The molecule has 2 nitrogen and oxygen atoms in total. The van der Waals surface area contributed by atoms with E-state index in [9.17, 15) is 0 Å². The summed E-state index contributed by atoms with van der Waals surface area (Å²) in [6, 6.07) is 24.8. The average Bonchev–Trinajstić information content (AvgIpc) is 3.17. The molecule has 1 aromatic heterocycles. The predicted molar refractivity (Wildman–Crippen MR) is 108 cm³/mol. The summed E-state index contributed by atoms with van der Waals surface area (Å²) in [5.41, 5.74) is 6.42. The molecule has 0 aliphatic rings. The van der Waals surface area contributed by atoms with Crippen LogP contribution >= 0.6 is 11.7 Å². The fourth-order valence-corrected chi connectivity index (χ4v) is 3.26. The maximum atomic E-state index is 4.49. The summed E-state index contributed by atoms with van der Waals surface area (Å²) in [4.78, 5) is 0. The van der Waals surface area contributed by atoms with Crippen molar-refractivity contribution in [1.29, 1.82) is 0 Å². The van der Waals surface area contributed by atoms with Crippen molar-refractivity contribution in [3.63, 3.8) is 0 Å². The van der Waals surface area contributed by atoms with Gasteiger partial charge < -0.3 is 0 Å². The molecule has 0 atom stereocenters. The van der Waals surface area contributed by atoms with E-state index in [1.807, 2.05) is 36.4 Å². The quantitative estimate of drug-likeness (QED) is 0.424. The Morgan fingerprint density at radius 2 is 0.960 bits per heavy atom. The summed E-state index contributed by atoms with van der Waals surface area (Å²) >= 11 is 1.26. The Morgan fingerprint density at radius 3 is 1.40 bits per heavy atom. The van der Waals surface area contributed by atoms with Crippen molar-refractivity contribution in [2.24, 2.45) is 0 Å². The van der Waals surface area contributed by atoms with Crippen molar-refractivity contribution >= 4 is 47.1 Å². The van der Waals surface area contributed by atoms with Crippen LogP contribution in [-0.4, -0.2) is 8.75 Å². The van der Waals surface area contributed by atoms with Gasteiger partial charge in [-0.2, -0.15) is 8.75 Å². The zero-order valence-corrected chi connectivity index (χ0v) is 14.4. The van der Waals surface area contributed by atoms with Crippen LogP contribution in [0.2, 0.25) is 0 Å². The zero-order valence-electron chi connectivity index (χ0n) is 13.5. The van der Waals surface area contributed by atoms with Crippen LogP contribution in [0.5, 0.6) is 0 Å². The lowest BCUT2D eigenvalue weighted by Crippen LogP contribution is -1.82. The van der Waals surface area contributed by atoms with Gasteiger partial charge in [0.2, 0.25) is 0 Å². The molecule has 0 saturated carbocycles. The zero-order chi connectivity index (χ0) is 16.9. The Kier molecular flexibility index (Phi) is 4.49. The number of benzene rings is 3. The van der Waals surface area contributed by atoms with Gasteiger partial charge in [0.15, 0.2) is 0 Å². The summed E-state index contributed by atoms with van der Waals surface area (Å²) in [7, 11) is 0. The van der Waals surface area contributed by atoms with Crippen molar-refractivity contribution in [2.45, 2.75) is 0 Å². The normalized spacial score (nSPS) is 11.7. The lowest BCUT2D eigenvalue weighted by atomic mass is 10.1. The SMILES string of the molecule is C(=Cc1ccc(C=Cc2ccccc2)c2nsnc12)c1ccccc1. The predicted octanol–water partition coefficient (Wildman–Crippen LogP) is 6.03. The molecule has 1 heterocycles. The highest BCUT2D eigenvalue weighted by Crippen LogP contribution is 2.24. The van der Waals surface area contributed by atoms with Crippen LogP contribution in [0.25, 0.3) is 35.3 Å². The van der Waals surface area contributed by atoms with Crippen molar-refractivity contribution in [3.05, 3.63) is 95.1 Å². The van der Waals surface area contributed by atoms with Crippen molar-refractivity contribution in [1.82, 2.24) is 8.75 Å². The molecular weight excluding hydrogens is 324 g/mol. The van der Waals surface area contributed by atoms with Crippen LogP contribution in [0.1, 0.15) is 22.3 Å². The minimum Gasteiger partial charge on any atom is -0.172 e. The molecule has 0 N–H and O–H groups in total. The highest BCUT2D eigenvalue weighted by molar-refractivity contribution is 7.00. The smallest absolute Gasteiger partial charge is 0.112 e. The Labute approximate surface area is 151 Å². The minimum atomic E-state index is 0.951. The first-order chi connectivity index (χ1) is 12.4. The molecule has 0 aliphatic heterocycles. The highest BCUT2D eigenvalue weighted by atomic mass is 32.1. The second kappa shape index (κ2) is 7.24. The molecule has 3 aromatic carbocycles. The number of fused-ring (bicyclic) bond motifs is 1. The Morgan fingerprint density at radius 1 is 0.520 bits per heavy atom. The molecule has 4 aromatic rings. The molecule has 0 unspecified atom stereocenters. The first kappa shape index (κ1) is 15.5. The van der Waals surface area contributed by atoms with Crippen LogP contribution in [-0.2, 0) is 0 Å². The second-order valence-corrected chi connectivity index (χ2v) is 6.22. The lowest BCUT2D eigenvalue weighted by molar-refractivity contribution is 1.59. The van der Waals surface area contributed by atoms with Gasteiger partial charge in [0.1, 0.15) is 11.0 Å². The van der Waals surface area contributed by atoms with Gasteiger partial charge in [-0.3, -0.25) is 0 Å². The Hall–Kier alpha value is -3.04. The largest absolute Gasteiger partial charge is 0.172 e. The third-order valence-corrected chi connectivity index (χ3v) is 4.52. The summed E-state index contributed by atoms with van der Waals surface area (Å²) in [5, 5.41) is 0. The maximum Gasteiger partial charge on any atom is 0.112 e. The molecule has 25 heavy (non-hydrogen) atoms. The van der Waals surface area contributed by atoms with E-state index in [-0.39, 0.29) is 0 Å². The Bertz CT molecular complexity index is 948. The van der Waals surface area contributed by atoms with Gasteiger partial charge >= 0.3 is 0 Å². The topological polar surface area (TPSA) is 25.8 Å². The monoisotopic (exact) mass is 340 g/mol. The fourth-order valence-electron chi connectivity index (χ4n) is 2.67. The van der Waals surface area contributed by atoms with Gasteiger partial charge in [-0.05, 0) is 11.1 Å². The number of aromatic nitrogens is 2. The second-order valence-electron chi connectivity index (χ2n) is 5.69. The molecule has 3 heteroatoms. The van der Waals surface area contributed by atoms with Crippen molar-refractivity contribution in [3.8, 4) is 0 Å². The van der Waals surface area contributed by atoms with E-state index in [0.29, 0.717) is 0 Å². The molecule has 0 fully saturated rings. The van der Waals surface area contributed by atoms with Crippen LogP contribution < -0.4 is 0 Å². The van der Waals surface area contributed by atoms with E-state index in [1.54, 1.807) is 0 Å². The molecule has 0 spiro atoms. The third kappa shape index (κ3) is 3.57. The van der Waals surface area contributed by atoms with Gasteiger partial charge in [0.05, 0.1) is 11.7 Å². The molecule has 4 rings (SSSR count). The first-order valence-corrected chi connectivity index (χ1v) is 8.85. The Balaban J connectivity index is 1.67. The maximum absolute atomic E-state index is 4.49. The first-order valence-electron chi connectivity index (χ1n) is 8.12. The van der Waals surface area contributed by atoms with Crippen LogP contribution in [0.3, 0.4) is 0 Å². The van der Waals surface area contributed by atoms with Crippen molar-refractivity contribution < 1.29 is 0 Å². The van der Waals surface area contributed by atoms with Crippen LogP contribution in [0, 0.1) is 0 Å². The third-order valence-electron chi connectivity index (χ3n) is 3.99. The lowest BCUT2D eigenvalue weighted by Gasteiger charge is -2.00. The average molecular weight is 340 g/mol. The van der Waals surface area contributed by atoms with E-state index in [4.69, 9.17) is 0 Å². The summed E-state index contributed by atoms with van der Waals surface area (Å²) in [6.07, 6.45) is 8.41. The van der Waals surface area contributed by atoms with E-state index in [0.717, 1.165) is 22.2 Å². The fraction of sp³-hybridized carbons (Fsp3) is 0. The van der Waals surface area contributed by atoms with E-state index >= 15 is 0 Å². The van der Waals surface area contributed by atoms with Gasteiger partial charge in [-0.25, -0.2) is 0 Å². The number of hydrogen-bond donors (Lipinski definition) is 0. The van der Waals surface area contributed by atoms with Gasteiger partial charge in [0, 0.05) is 11.1 Å². The van der Waals surface area contributed by atoms with E-state index < -0.39 is 0 Å². The minimum absolute atomic E-state index is 0.951. The van der Waals surface area contributed by atoms with Crippen LogP contribution in [0.15, 0.2) is 72.8 Å². The standard InChI is InChI=1S/C22H16N2S/c1-3-7-17(8-4-1)11-13-19-15-16-20(22-21(19)23-25-24-22)14-12-18-9-5-2-6-10-18/h1-16H. The molecule has 0 amide bonds. The molecule has 0 bridgehead atoms. The molecule has 0 aliphatic carbocycles. The van der Waals surface area contributed by atoms with Gasteiger partial charge in [-0.15, -0.1) is 0 Å². The summed E-state index contributed by atoms with van der Waals surface area (Å²) in [6.45, 7) is 0. The van der Waals surface area contributed by atoms with Crippen LogP contribution in [0.4, 0.5) is 0 Å². The number of rotatable bonds is 4. The van der Waals surface area contributed by atoms with E-state index in [1.165, 1.54) is 22.9 Å². The van der Waals surface area contributed by atoms with Gasteiger partial charge in [0.25, 0.3) is 0 Å². The van der Waals surface area contributed by atoms with E-state index in [2.05, 4.69) is 69.4 Å². The molecule has 0 radical (unpaired) electrons. The summed E-state index contributed by atoms with van der Waals surface area (Å²) in [5.74, 6) is 0. The highest BCUT2D eigenvalue weighted by Gasteiger charge is 2.07.